The first kappa shape index (κ1) is 15.2. The molecule has 1 aromatic carbocycles. The van der Waals surface area contributed by atoms with Gasteiger partial charge in [0.15, 0.2) is 0 Å². The summed E-state index contributed by atoms with van der Waals surface area (Å²) in [5.41, 5.74) is 8.87. The molecule has 0 heterocycles. The molecule has 1 rings (SSSR count). The van der Waals surface area contributed by atoms with Gasteiger partial charge in [-0.1, -0.05) is 50.1 Å². The van der Waals surface area contributed by atoms with E-state index in [-0.39, 0.29) is 6.04 Å². The number of nitrogens with two attached hydrogens (primary N) is 1. The summed E-state index contributed by atoms with van der Waals surface area (Å²) in [6.45, 7) is 9.96. The molecule has 0 saturated heterocycles. The van der Waals surface area contributed by atoms with Gasteiger partial charge < -0.3 is 10.6 Å². The molecule has 0 fully saturated rings. The van der Waals surface area contributed by atoms with Gasteiger partial charge in [0, 0.05) is 18.6 Å². The fourth-order valence-electron chi connectivity index (χ4n) is 2.13. The largest absolute Gasteiger partial charge is 0.323 e. The molecule has 0 aliphatic carbocycles. The van der Waals surface area contributed by atoms with Crippen molar-refractivity contribution >= 4 is 0 Å². The van der Waals surface area contributed by atoms with Crippen molar-refractivity contribution < 1.29 is 0 Å². The van der Waals surface area contributed by atoms with Crippen LogP contribution < -0.4 is 5.73 Å². The molecule has 0 amide bonds. The first-order valence-electron chi connectivity index (χ1n) is 6.98. The summed E-state index contributed by atoms with van der Waals surface area (Å²) in [5, 5.41) is 0. The Hall–Kier alpha value is -0.860. The molecule has 1 aromatic rings. The average molecular weight is 248 g/mol. The van der Waals surface area contributed by atoms with Gasteiger partial charge in [-0.15, -0.1) is 0 Å². The van der Waals surface area contributed by atoms with Crippen LogP contribution in [0.4, 0.5) is 0 Å². The van der Waals surface area contributed by atoms with E-state index in [0.29, 0.717) is 6.04 Å². The summed E-state index contributed by atoms with van der Waals surface area (Å²) in [6, 6.07) is 9.01. The van der Waals surface area contributed by atoms with Crippen LogP contribution in [-0.4, -0.2) is 24.5 Å². The molecule has 0 aliphatic rings. The van der Waals surface area contributed by atoms with Crippen molar-refractivity contribution in [1.82, 2.24) is 4.90 Å². The van der Waals surface area contributed by atoms with Crippen molar-refractivity contribution in [2.45, 2.75) is 46.2 Å². The molecule has 3 unspecified atom stereocenters. The van der Waals surface area contributed by atoms with Crippen LogP contribution >= 0.6 is 0 Å². The first-order valence-corrected chi connectivity index (χ1v) is 6.98. The number of likely N-dealkylation sites (N-methyl/N-ethyl adjacent to an activating group) is 1. The third kappa shape index (κ3) is 4.11. The van der Waals surface area contributed by atoms with Gasteiger partial charge in [-0.2, -0.15) is 0 Å². The van der Waals surface area contributed by atoms with Gasteiger partial charge in [-0.3, -0.25) is 0 Å². The number of benzene rings is 1. The highest BCUT2D eigenvalue weighted by Crippen LogP contribution is 2.19. The van der Waals surface area contributed by atoms with E-state index in [2.05, 4.69) is 63.9 Å². The van der Waals surface area contributed by atoms with Crippen molar-refractivity contribution in [2.75, 3.05) is 13.6 Å². The van der Waals surface area contributed by atoms with Crippen molar-refractivity contribution in [3.05, 3.63) is 35.4 Å². The quantitative estimate of drug-likeness (QED) is 0.836. The second kappa shape index (κ2) is 6.91. The molecule has 2 nitrogen and oxygen atoms in total. The van der Waals surface area contributed by atoms with E-state index >= 15 is 0 Å². The Labute approximate surface area is 112 Å². The molecule has 3 atom stereocenters. The van der Waals surface area contributed by atoms with Crippen LogP contribution in [-0.2, 0) is 0 Å². The Kier molecular flexibility index (Phi) is 5.83. The monoisotopic (exact) mass is 248 g/mol. The zero-order valence-electron chi connectivity index (χ0n) is 12.5. The SMILES string of the molecule is CCC(C)CN(C)C(C)C(N)c1ccc(C)cc1. The Morgan fingerprint density at radius 1 is 1.17 bits per heavy atom. The predicted octanol–water partition coefficient (Wildman–Crippen LogP) is 3.36. The summed E-state index contributed by atoms with van der Waals surface area (Å²) >= 11 is 0. The van der Waals surface area contributed by atoms with Crippen LogP contribution in [0, 0.1) is 12.8 Å². The highest BCUT2D eigenvalue weighted by Gasteiger charge is 2.19. The molecule has 0 bridgehead atoms. The molecule has 0 aromatic heterocycles. The van der Waals surface area contributed by atoms with Crippen LogP contribution in [0.25, 0.3) is 0 Å². The number of rotatable bonds is 6. The molecule has 2 N–H and O–H groups in total. The minimum absolute atomic E-state index is 0.0830. The van der Waals surface area contributed by atoms with Gasteiger partial charge in [-0.05, 0) is 32.4 Å². The van der Waals surface area contributed by atoms with Crippen LogP contribution in [0.3, 0.4) is 0 Å². The Morgan fingerprint density at radius 3 is 2.22 bits per heavy atom. The van der Waals surface area contributed by atoms with Crippen LogP contribution in [0.5, 0.6) is 0 Å². The number of nitrogens with zero attached hydrogens (tertiary/aromatic N) is 1. The predicted molar refractivity (Wildman–Crippen MR) is 79.7 cm³/mol. The van der Waals surface area contributed by atoms with Gasteiger partial charge in [0.1, 0.15) is 0 Å². The Balaban J connectivity index is 2.65. The second-order valence-electron chi connectivity index (χ2n) is 5.63. The van der Waals surface area contributed by atoms with Gasteiger partial charge >= 0.3 is 0 Å². The average Bonchev–Trinajstić information content (AvgIpc) is 2.37. The summed E-state index contributed by atoms with van der Waals surface area (Å²) in [5.74, 6) is 0.725. The standard InChI is InChI=1S/C16H28N2/c1-6-12(2)11-18(5)14(4)16(17)15-9-7-13(3)8-10-15/h7-10,12,14,16H,6,11,17H2,1-5H3. The Bertz CT molecular complexity index is 345. The van der Waals surface area contributed by atoms with Gasteiger partial charge in [0.05, 0.1) is 0 Å². The molecule has 0 spiro atoms. The highest BCUT2D eigenvalue weighted by molar-refractivity contribution is 5.24. The van der Waals surface area contributed by atoms with Crippen molar-refractivity contribution in [1.29, 1.82) is 0 Å². The second-order valence-corrected chi connectivity index (χ2v) is 5.63. The third-order valence-electron chi connectivity index (χ3n) is 3.97. The summed E-state index contributed by atoms with van der Waals surface area (Å²) in [6.07, 6.45) is 1.22. The molecular weight excluding hydrogens is 220 g/mol. The van der Waals surface area contributed by atoms with E-state index in [1.165, 1.54) is 17.5 Å². The molecular formula is C16H28N2. The van der Waals surface area contributed by atoms with E-state index in [1.807, 2.05) is 0 Å². The zero-order valence-corrected chi connectivity index (χ0v) is 12.5. The number of hydrogen-bond donors (Lipinski definition) is 1. The smallest absolute Gasteiger partial charge is 0.0450 e. The highest BCUT2D eigenvalue weighted by atomic mass is 15.1. The summed E-state index contributed by atoms with van der Waals surface area (Å²) < 4.78 is 0. The minimum atomic E-state index is 0.0830. The lowest BCUT2D eigenvalue weighted by Crippen LogP contribution is -2.40. The van der Waals surface area contributed by atoms with Crippen molar-refractivity contribution in [2.24, 2.45) is 11.7 Å². The normalized spacial score (nSPS) is 16.6. The van der Waals surface area contributed by atoms with Crippen LogP contribution in [0.2, 0.25) is 0 Å². The lowest BCUT2D eigenvalue weighted by molar-refractivity contribution is 0.197. The molecule has 18 heavy (non-hydrogen) atoms. The number of aryl methyl sites for hydroxylation is 1. The maximum atomic E-state index is 6.37. The van der Waals surface area contributed by atoms with Gasteiger partial charge in [-0.25, -0.2) is 0 Å². The number of hydrogen-bond acceptors (Lipinski definition) is 2. The molecule has 0 radical (unpaired) electrons. The molecule has 2 heteroatoms. The molecule has 102 valence electrons. The topological polar surface area (TPSA) is 29.3 Å². The fourth-order valence-corrected chi connectivity index (χ4v) is 2.13. The van der Waals surface area contributed by atoms with Crippen LogP contribution in [0.1, 0.15) is 44.4 Å². The first-order chi connectivity index (χ1) is 8.45. The third-order valence-corrected chi connectivity index (χ3v) is 3.97. The van der Waals surface area contributed by atoms with Crippen molar-refractivity contribution in [3.8, 4) is 0 Å². The minimum Gasteiger partial charge on any atom is -0.323 e. The van der Waals surface area contributed by atoms with Gasteiger partial charge in [0.2, 0.25) is 0 Å². The zero-order chi connectivity index (χ0) is 13.7. The van der Waals surface area contributed by atoms with E-state index in [0.717, 1.165) is 12.5 Å². The van der Waals surface area contributed by atoms with Crippen molar-refractivity contribution in [3.63, 3.8) is 0 Å². The maximum absolute atomic E-state index is 6.37. The molecule has 0 saturated carbocycles. The van der Waals surface area contributed by atoms with E-state index in [4.69, 9.17) is 5.73 Å². The van der Waals surface area contributed by atoms with Gasteiger partial charge in [0.25, 0.3) is 0 Å². The lowest BCUT2D eigenvalue weighted by atomic mass is 9.98. The fraction of sp³-hybridized carbons (Fsp3) is 0.625. The summed E-state index contributed by atoms with van der Waals surface area (Å²) in [4.78, 5) is 2.37. The molecule has 0 aliphatic heterocycles. The van der Waals surface area contributed by atoms with E-state index in [9.17, 15) is 0 Å². The summed E-state index contributed by atoms with van der Waals surface area (Å²) in [7, 11) is 2.17. The van der Waals surface area contributed by atoms with Crippen LogP contribution in [0.15, 0.2) is 24.3 Å². The maximum Gasteiger partial charge on any atom is 0.0450 e. The lowest BCUT2D eigenvalue weighted by Gasteiger charge is -2.31. The Morgan fingerprint density at radius 2 is 1.72 bits per heavy atom. The van der Waals surface area contributed by atoms with E-state index in [1.54, 1.807) is 0 Å². The van der Waals surface area contributed by atoms with E-state index < -0.39 is 0 Å².